The Labute approximate surface area is 114 Å². The molecule has 0 aliphatic rings. The van der Waals surface area contributed by atoms with E-state index in [1.54, 1.807) is 6.20 Å². The molecular formula is C14H10N4S. The molecule has 0 radical (unpaired) electrons. The van der Waals surface area contributed by atoms with Crippen molar-refractivity contribution in [2.24, 2.45) is 0 Å². The summed E-state index contributed by atoms with van der Waals surface area (Å²) >= 11 is 1.51. The number of rotatable bonds is 2. The van der Waals surface area contributed by atoms with Gasteiger partial charge in [0.1, 0.15) is 5.82 Å². The van der Waals surface area contributed by atoms with Gasteiger partial charge >= 0.3 is 0 Å². The molecule has 0 bridgehead atoms. The molecule has 0 unspecified atom stereocenters. The lowest BCUT2D eigenvalue weighted by Gasteiger charge is -2.05. The van der Waals surface area contributed by atoms with Gasteiger partial charge in [-0.05, 0) is 30.5 Å². The van der Waals surface area contributed by atoms with Gasteiger partial charge in [-0.1, -0.05) is 17.8 Å². The number of benzene rings is 1. The van der Waals surface area contributed by atoms with E-state index >= 15 is 0 Å². The average molecular weight is 266 g/mol. The first-order valence-corrected chi connectivity index (χ1v) is 6.93. The molecule has 19 heavy (non-hydrogen) atoms. The Hall–Kier alpha value is -2.32. The van der Waals surface area contributed by atoms with Crippen molar-refractivity contribution in [1.29, 1.82) is 5.26 Å². The molecule has 3 aromatic rings. The first-order valence-electron chi connectivity index (χ1n) is 5.71. The topological polar surface area (TPSA) is 54.5 Å². The Morgan fingerprint density at radius 2 is 2.16 bits per heavy atom. The van der Waals surface area contributed by atoms with E-state index in [0.717, 1.165) is 21.9 Å². The summed E-state index contributed by atoms with van der Waals surface area (Å²) in [6, 6.07) is 11.7. The third-order valence-electron chi connectivity index (χ3n) is 2.90. The number of nitrogens with zero attached hydrogens (tertiary/aromatic N) is 4. The molecule has 0 fully saturated rings. The van der Waals surface area contributed by atoms with E-state index in [1.165, 1.54) is 11.8 Å². The van der Waals surface area contributed by atoms with Crippen LogP contribution in [-0.2, 0) is 0 Å². The number of thioether (sulfide) groups is 1. The molecule has 4 nitrogen and oxygen atoms in total. The second-order valence-electron chi connectivity index (χ2n) is 3.94. The summed E-state index contributed by atoms with van der Waals surface area (Å²) in [5.74, 6) is 0.810. The van der Waals surface area contributed by atoms with E-state index in [9.17, 15) is 0 Å². The summed E-state index contributed by atoms with van der Waals surface area (Å²) in [5.41, 5.74) is 1.65. The van der Waals surface area contributed by atoms with Gasteiger partial charge in [-0.15, -0.1) is 0 Å². The number of aromatic nitrogens is 3. The van der Waals surface area contributed by atoms with Crippen LogP contribution in [0, 0.1) is 11.3 Å². The van der Waals surface area contributed by atoms with E-state index in [0.29, 0.717) is 5.56 Å². The summed E-state index contributed by atoms with van der Waals surface area (Å²) in [5, 5.41) is 10.8. The van der Waals surface area contributed by atoms with Crippen molar-refractivity contribution in [2.75, 3.05) is 6.26 Å². The van der Waals surface area contributed by atoms with Crippen LogP contribution in [0.25, 0.3) is 16.7 Å². The Morgan fingerprint density at radius 3 is 2.95 bits per heavy atom. The standard InChI is InChI=1S/C14H10N4S/c1-19-14-16-7-5-13(17-14)18-8-6-11-10(9-15)3-2-4-12(11)18/h2-8H,1H3. The molecule has 5 heteroatoms. The van der Waals surface area contributed by atoms with E-state index in [-0.39, 0.29) is 0 Å². The zero-order chi connectivity index (χ0) is 13.2. The number of fused-ring (bicyclic) bond motifs is 1. The molecule has 2 aromatic heterocycles. The molecule has 0 saturated heterocycles. The Morgan fingerprint density at radius 1 is 1.26 bits per heavy atom. The van der Waals surface area contributed by atoms with Crippen LogP contribution in [0.2, 0.25) is 0 Å². The average Bonchev–Trinajstić information content (AvgIpc) is 2.91. The third-order valence-corrected chi connectivity index (χ3v) is 3.46. The molecule has 92 valence electrons. The smallest absolute Gasteiger partial charge is 0.189 e. The summed E-state index contributed by atoms with van der Waals surface area (Å²) in [6.07, 6.45) is 5.62. The summed E-state index contributed by atoms with van der Waals surface area (Å²) in [4.78, 5) is 8.64. The van der Waals surface area contributed by atoms with E-state index < -0.39 is 0 Å². The van der Waals surface area contributed by atoms with Crippen molar-refractivity contribution in [3.8, 4) is 11.9 Å². The summed E-state index contributed by atoms with van der Waals surface area (Å²) < 4.78 is 1.97. The molecule has 1 aromatic carbocycles. The lowest BCUT2D eigenvalue weighted by molar-refractivity contribution is 0.908. The van der Waals surface area contributed by atoms with Crippen LogP contribution >= 0.6 is 11.8 Å². The van der Waals surface area contributed by atoms with Gasteiger partial charge in [0, 0.05) is 17.8 Å². The van der Waals surface area contributed by atoms with Crippen LogP contribution in [0.4, 0.5) is 0 Å². The van der Waals surface area contributed by atoms with E-state index in [4.69, 9.17) is 5.26 Å². The van der Waals surface area contributed by atoms with Gasteiger partial charge < -0.3 is 4.57 Å². The van der Waals surface area contributed by atoms with E-state index in [1.807, 2.05) is 47.4 Å². The highest BCUT2D eigenvalue weighted by Gasteiger charge is 2.08. The zero-order valence-electron chi connectivity index (χ0n) is 10.2. The summed E-state index contributed by atoms with van der Waals surface area (Å²) in [7, 11) is 0. The highest BCUT2D eigenvalue weighted by atomic mass is 32.2. The van der Waals surface area contributed by atoms with Crippen LogP contribution in [0.15, 0.2) is 47.9 Å². The van der Waals surface area contributed by atoms with Crippen molar-refractivity contribution >= 4 is 22.7 Å². The molecular weight excluding hydrogens is 256 g/mol. The van der Waals surface area contributed by atoms with Crippen LogP contribution < -0.4 is 0 Å². The maximum absolute atomic E-state index is 9.11. The van der Waals surface area contributed by atoms with Gasteiger partial charge in [0.05, 0.1) is 17.1 Å². The maximum atomic E-state index is 9.11. The molecule has 0 atom stereocenters. The van der Waals surface area contributed by atoms with E-state index in [2.05, 4.69) is 16.0 Å². The third kappa shape index (κ3) is 1.96. The minimum atomic E-state index is 0.676. The van der Waals surface area contributed by atoms with Crippen molar-refractivity contribution in [3.05, 3.63) is 48.3 Å². The van der Waals surface area contributed by atoms with Crippen molar-refractivity contribution in [2.45, 2.75) is 5.16 Å². The Bertz CT molecular complexity index is 785. The van der Waals surface area contributed by atoms with Gasteiger partial charge in [-0.2, -0.15) is 5.26 Å². The van der Waals surface area contributed by atoms with Crippen molar-refractivity contribution in [1.82, 2.24) is 14.5 Å². The minimum Gasteiger partial charge on any atom is -0.301 e. The number of hydrogen-bond acceptors (Lipinski definition) is 4. The normalized spacial score (nSPS) is 10.5. The number of nitriles is 1. The summed E-state index contributed by atoms with van der Waals surface area (Å²) in [6.45, 7) is 0. The quantitative estimate of drug-likeness (QED) is 0.528. The molecule has 0 aliphatic heterocycles. The molecule has 0 saturated carbocycles. The lowest BCUT2D eigenvalue weighted by Crippen LogP contribution is -1.97. The highest BCUT2D eigenvalue weighted by molar-refractivity contribution is 7.98. The first-order chi connectivity index (χ1) is 9.33. The van der Waals surface area contributed by atoms with Gasteiger partial charge in [0.2, 0.25) is 0 Å². The number of hydrogen-bond donors (Lipinski definition) is 0. The second kappa shape index (κ2) is 4.75. The first kappa shape index (κ1) is 11.8. The van der Waals surface area contributed by atoms with Crippen LogP contribution in [-0.4, -0.2) is 20.8 Å². The maximum Gasteiger partial charge on any atom is 0.189 e. The predicted octanol–water partition coefficient (Wildman–Crippen LogP) is 3.01. The van der Waals surface area contributed by atoms with Crippen LogP contribution in [0.3, 0.4) is 0 Å². The van der Waals surface area contributed by atoms with Gasteiger partial charge in [0.25, 0.3) is 0 Å². The van der Waals surface area contributed by atoms with Crippen LogP contribution in [0.1, 0.15) is 5.56 Å². The van der Waals surface area contributed by atoms with Crippen molar-refractivity contribution in [3.63, 3.8) is 0 Å². The van der Waals surface area contributed by atoms with Gasteiger partial charge in [0.15, 0.2) is 5.16 Å². The fraction of sp³-hybridized carbons (Fsp3) is 0.0714. The highest BCUT2D eigenvalue weighted by Crippen LogP contribution is 2.22. The fourth-order valence-corrected chi connectivity index (χ4v) is 2.38. The zero-order valence-corrected chi connectivity index (χ0v) is 11.1. The van der Waals surface area contributed by atoms with Crippen molar-refractivity contribution < 1.29 is 0 Å². The lowest BCUT2D eigenvalue weighted by atomic mass is 10.1. The fourth-order valence-electron chi connectivity index (χ4n) is 2.03. The minimum absolute atomic E-state index is 0.676. The molecule has 0 amide bonds. The molecule has 0 spiro atoms. The molecule has 2 heterocycles. The Kier molecular flexibility index (Phi) is 2.94. The molecule has 0 aliphatic carbocycles. The van der Waals surface area contributed by atoms with Crippen LogP contribution in [0.5, 0.6) is 0 Å². The van der Waals surface area contributed by atoms with Gasteiger partial charge in [-0.3, -0.25) is 0 Å². The SMILES string of the molecule is CSc1nccc(-n2ccc3c(C#N)cccc32)n1. The monoisotopic (exact) mass is 266 g/mol. The molecule has 0 N–H and O–H groups in total. The Balaban J connectivity index is 2.23. The second-order valence-corrected chi connectivity index (χ2v) is 4.71. The largest absolute Gasteiger partial charge is 0.301 e. The predicted molar refractivity (Wildman–Crippen MR) is 75.4 cm³/mol. The molecule has 3 rings (SSSR count). The van der Waals surface area contributed by atoms with Gasteiger partial charge in [-0.25, -0.2) is 9.97 Å².